The zero-order valence-electron chi connectivity index (χ0n) is 8.66. The van der Waals surface area contributed by atoms with Crippen molar-refractivity contribution in [3.63, 3.8) is 0 Å². The molecule has 0 aromatic heterocycles. The van der Waals surface area contributed by atoms with E-state index in [9.17, 15) is 0 Å². The molecule has 72 valence electrons. The van der Waals surface area contributed by atoms with Crippen molar-refractivity contribution in [1.82, 2.24) is 0 Å². The number of rotatable bonds is 2. The molecule has 0 atom stereocenters. The van der Waals surface area contributed by atoms with E-state index < -0.39 is 0 Å². The van der Waals surface area contributed by atoms with Gasteiger partial charge in [0.1, 0.15) is 12.1 Å². The fourth-order valence-electron chi connectivity index (χ4n) is 2.08. The molecule has 2 nitrogen and oxygen atoms in total. The molecule has 0 aromatic carbocycles. The van der Waals surface area contributed by atoms with Crippen LogP contribution in [0.2, 0.25) is 0 Å². The maximum atomic E-state index is 4.17. The number of hydrogen-bond donors (Lipinski definition) is 2. The molecule has 0 aromatic rings. The molecule has 2 heteroatoms. The number of likely N-dealkylation sites (tertiary alicyclic amines) is 1. The van der Waals surface area contributed by atoms with Gasteiger partial charge in [0.15, 0.2) is 0 Å². The topological polar surface area (TPSA) is 32.1 Å². The summed E-state index contributed by atoms with van der Waals surface area (Å²) < 4.78 is 0. The van der Waals surface area contributed by atoms with E-state index in [2.05, 4.69) is 19.6 Å². The third kappa shape index (κ3) is 4.07. The fourth-order valence-corrected chi connectivity index (χ4v) is 2.08. The summed E-state index contributed by atoms with van der Waals surface area (Å²) in [6.07, 6.45) is 5.74. The quantitative estimate of drug-likeness (QED) is 0.561. The highest BCUT2D eigenvalue weighted by Crippen LogP contribution is 1.99. The SMILES string of the molecule is CC(C)([NH3+])C[NH+]1CCCCCC1. The third-order valence-corrected chi connectivity index (χ3v) is 2.54. The molecule has 0 unspecified atom stereocenters. The van der Waals surface area contributed by atoms with Crippen molar-refractivity contribution in [2.45, 2.75) is 45.1 Å². The van der Waals surface area contributed by atoms with Crippen LogP contribution < -0.4 is 10.6 Å². The lowest BCUT2D eigenvalue weighted by Gasteiger charge is -2.23. The Balaban J connectivity index is 2.30. The van der Waals surface area contributed by atoms with Crippen LogP contribution >= 0.6 is 0 Å². The van der Waals surface area contributed by atoms with Gasteiger partial charge in [0.25, 0.3) is 0 Å². The Morgan fingerprint density at radius 2 is 1.58 bits per heavy atom. The maximum Gasteiger partial charge on any atom is 0.138 e. The number of nitrogens with one attached hydrogen (secondary N) is 1. The maximum absolute atomic E-state index is 4.17. The zero-order valence-corrected chi connectivity index (χ0v) is 8.66. The molecule has 0 aliphatic carbocycles. The van der Waals surface area contributed by atoms with Gasteiger partial charge in [-0.2, -0.15) is 0 Å². The smallest absolute Gasteiger partial charge is 0.138 e. The van der Waals surface area contributed by atoms with E-state index in [0.717, 1.165) is 0 Å². The Kier molecular flexibility index (Phi) is 3.53. The largest absolute Gasteiger partial charge is 0.349 e. The summed E-state index contributed by atoms with van der Waals surface area (Å²) >= 11 is 0. The van der Waals surface area contributed by atoms with Gasteiger partial charge >= 0.3 is 0 Å². The molecule has 0 bridgehead atoms. The first-order chi connectivity index (χ1) is 5.58. The van der Waals surface area contributed by atoms with Crippen LogP contribution in [-0.2, 0) is 0 Å². The minimum Gasteiger partial charge on any atom is -0.349 e. The van der Waals surface area contributed by atoms with Gasteiger partial charge in [-0.05, 0) is 39.5 Å². The van der Waals surface area contributed by atoms with Crippen molar-refractivity contribution in [2.75, 3.05) is 19.6 Å². The highest BCUT2D eigenvalue weighted by Gasteiger charge is 2.23. The molecule has 1 fully saturated rings. The van der Waals surface area contributed by atoms with Gasteiger partial charge in [0.05, 0.1) is 13.1 Å². The van der Waals surface area contributed by atoms with Gasteiger partial charge in [0, 0.05) is 0 Å². The van der Waals surface area contributed by atoms with Crippen molar-refractivity contribution >= 4 is 0 Å². The molecule has 1 rings (SSSR count). The zero-order chi connectivity index (χ0) is 9.03. The lowest BCUT2D eigenvalue weighted by molar-refractivity contribution is -0.913. The second-order valence-corrected chi connectivity index (χ2v) is 5.01. The third-order valence-electron chi connectivity index (χ3n) is 2.54. The predicted molar refractivity (Wildman–Crippen MR) is 51.0 cm³/mol. The van der Waals surface area contributed by atoms with Crippen LogP contribution in [0.25, 0.3) is 0 Å². The van der Waals surface area contributed by atoms with Crippen molar-refractivity contribution in [1.29, 1.82) is 0 Å². The van der Waals surface area contributed by atoms with Gasteiger partial charge in [-0.1, -0.05) is 0 Å². The van der Waals surface area contributed by atoms with E-state index in [1.807, 2.05) is 0 Å². The second kappa shape index (κ2) is 4.24. The van der Waals surface area contributed by atoms with Crippen molar-refractivity contribution in [2.24, 2.45) is 0 Å². The van der Waals surface area contributed by atoms with Crippen LogP contribution in [0.5, 0.6) is 0 Å². The lowest BCUT2D eigenvalue weighted by Crippen LogP contribution is -3.15. The van der Waals surface area contributed by atoms with Gasteiger partial charge in [-0.3, -0.25) is 0 Å². The standard InChI is InChI=1S/C10H22N2/c1-10(2,11)9-12-7-5-3-4-6-8-12/h3-9,11H2,1-2H3/p+2. The van der Waals surface area contributed by atoms with Crippen LogP contribution in [0, 0.1) is 0 Å². The van der Waals surface area contributed by atoms with Crippen LogP contribution in [0.3, 0.4) is 0 Å². The molecule has 1 saturated heterocycles. The van der Waals surface area contributed by atoms with Gasteiger partial charge in [-0.25, -0.2) is 0 Å². The highest BCUT2D eigenvalue weighted by molar-refractivity contribution is 4.60. The highest BCUT2D eigenvalue weighted by atomic mass is 15.1. The Labute approximate surface area is 76.1 Å². The summed E-state index contributed by atoms with van der Waals surface area (Å²) in [4.78, 5) is 1.77. The second-order valence-electron chi connectivity index (χ2n) is 5.01. The first kappa shape index (κ1) is 10.0. The summed E-state index contributed by atoms with van der Waals surface area (Å²) in [7, 11) is 0. The van der Waals surface area contributed by atoms with E-state index in [4.69, 9.17) is 0 Å². The van der Waals surface area contributed by atoms with Gasteiger partial charge in [-0.15, -0.1) is 0 Å². The van der Waals surface area contributed by atoms with Crippen LogP contribution in [0.4, 0.5) is 0 Å². The van der Waals surface area contributed by atoms with E-state index in [1.54, 1.807) is 4.90 Å². The van der Waals surface area contributed by atoms with Crippen molar-refractivity contribution in [3.05, 3.63) is 0 Å². The molecule has 12 heavy (non-hydrogen) atoms. The van der Waals surface area contributed by atoms with E-state index in [1.165, 1.54) is 45.3 Å². The first-order valence-corrected chi connectivity index (χ1v) is 5.27. The minimum atomic E-state index is 0.264. The monoisotopic (exact) mass is 172 g/mol. The average Bonchev–Trinajstić information content (AvgIpc) is 2.12. The normalized spacial score (nSPS) is 22.2. The predicted octanol–water partition coefficient (Wildman–Crippen LogP) is -0.534. The Bertz CT molecular complexity index is 118. The van der Waals surface area contributed by atoms with Crippen molar-refractivity contribution < 1.29 is 10.6 Å². The van der Waals surface area contributed by atoms with E-state index >= 15 is 0 Å². The lowest BCUT2D eigenvalue weighted by atomic mass is 10.1. The fraction of sp³-hybridized carbons (Fsp3) is 1.00. The molecule has 1 aliphatic rings. The van der Waals surface area contributed by atoms with Gasteiger partial charge < -0.3 is 10.6 Å². The Morgan fingerprint density at radius 1 is 1.08 bits per heavy atom. The minimum absolute atomic E-state index is 0.264. The van der Waals surface area contributed by atoms with Gasteiger partial charge in [0.2, 0.25) is 0 Å². The summed E-state index contributed by atoms with van der Waals surface area (Å²) in [6, 6.07) is 0. The summed E-state index contributed by atoms with van der Waals surface area (Å²) in [6.45, 7) is 8.47. The average molecular weight is 172 g/mol. The summed E-state index contributed by atoms with van der Waals surface area (Å²) in [5.41, 5.74) is 4.44. The molecule has 4 N–H and O–H groups in total. The van der Waals surface area contributed by atoms with Crippen LogP contribution in [0.1, 0.15) is 39.5 Å². The number of quaternary nitrogens is 2. The molecular weight excluding hydrogens is 148 g/mol. The Hall–Kier alpha value is -0.0800. The first-order valence-electron chi connectivity index (χ1n) is 5.27. The van der Waals surface area contributed by atoms with E-state index in [0.29, 0.717) is 0 Å². The van der Waals surface area contributed by atoms with Crippen LogP contribution in [-0.4, -0.2) is 25.2 Å². The van der Waals surface area contributed by atoms with E-state index in [-0.39, 0.29) is 5.54 Å². The Morgan fingerprint density at radius 3 is 2.00 bits per heavy atom. The molecule has 1 heterocycles. The summed E-state index contributed by atoms with van der Waals surface area (Å²) in [5, 5.41) is 0. The summed E-state index contributed by atoms with van der Waals surface area (Å²) in [5.74, 6) is 0. The van der Waals surface area contributed by atoms with Crippen molar-refractivity contribution in [3.8, 4) is 0 Å². The van der Waals surface area contributed by atoms with Crippen LogP contribution in [0.15, 0.2) is 0 Å². The molecule has 0 amide bonds. The number of hydrogen-bond acceptors (Lipinski definition) is 0. The molecule has 0 spiro atoms. The molecule has 0 saturated carbocycles. The molecule has 0 radical (unpaired) electrons. The molecule has 1 aliphatic heterocycles. The molecular formula is C10H24N2+2.